The smallest absolute Gasteiger partial charge is 0.126 e. The SMILES string of the molecule is SCc1sc(-c2cccnc2)nc1Br. The van der Waals surface area contributed by atoms with Gasteiger partial charge in [-0.3, -0.25) is 4.98 Å². The minimum atomic E-state index is 0.707. The van der Waals surface area contributed by atoms with Crippen LogP contribution in [-0.4, -0.2) is 9.97 Å². The van der Waals surface area contributed by atoms with Crippen molar-refractivity contribution >= 4 is 39.9 Å². The Morgan fingerprint density at radius 3 is 2.93 bits per heavy atom. The van der Waals surface area contributed by atoms with Crippen LogP contribution in [0.15, 0.2) is 29.1 Å². The summed E-state index contributed by atoms with van der Waals surface area (Å²) in [5.74, 6) is 0.707. The van der Waals surface area contributed by atoms with Gasteiger partial charge >= 0.3 is 0 Å². The predicted octanol–water partition coefficient (Wildman–Crippen LogP) is 3.40. The molecule has 0 aliphatic heterocycles. The van der Waals surface area contributed by atoms with Crippen LogP contribution in [0.2, 0.25) is 0 Å². The fraction of sp³-hybridized carbons (Fsp3) is 0.111. The minimum absolute atomic E-state index is 0.707. The summed E-state index contributed by atoms with van der Waals surface area (Å²) in [4.78, 5) is 9.60. The van der Waals surface area contributed by atoms with Crippen molar-refractivity contribution in [2.45, 2.75) is 5.75 Å². The molecule has 2 rings (SSSR count). The van der Waals surface area contributed by atoms with Crippen LogP contribution in [0, 0.1) is 0 Å². The molecule has 0 aliphatic rings. The summed E-state index contributed by atoms with van der Waals surface area (Å²) in [6, 6.07) is 3.91. The largest absolute Gasteiger partial charge is 0.264 e. The van der Waals surface area contributed by atoms with Gasteiger partial charge in [0.2, 0.25) is 0 Å². The van der Waals surface area contributed by atoms with E-state index in [-0.39, 0.29) is 0 Å². The molecule has 0 bridgehead atoms. The van der Waals surface area contributed by atoms with Gasteiger partial charge < -0.3 is 0 Å². The van der Waals surface area contributed by atoms with E-state index in [1.54, 1.807) is 17.5 Å². The maximum absolute atomic E-state index is 4.40. The van der Waals surface area contributed by atoms with Gasteiger partial charge in [0.05, 0.1) is 0 Å². The maximum atomic E-state index is 4.40. The number of halogens is 1. The van der Waals surface area contributed by atoms with E-state index < -0.39 is 0 Å². The van der Waals surface area contributed by atoms with Crippen LogP contribution >= 0.6 is 39.9 Å². The van der Waals surface area contributed by atoms with Gasteiger partial charge in [-0.1, -0.05) is 0 Å². The van der Waals surface area contributed by atoms with E-state index in [0.717, 1.165) is 20.1 Å². The Kier molecular flexibility index (Phi) is 3.20. The second-order valence-corrected chi connectivity index (χ2v) is 4.78. The predicted molar refractivity (Wildman–Crippen MR) is 65.7 cm³/mol. The monoisotopic (exact) mass is 286 g/mol. The number of nitrogens with zero attached hydrogens (tertiary/aromatic N) is 2. The zero-order valence-electron chi connectivity index (χ0n) is 7.14. The summed E-state index contributed by atoms with van der Waals surface area (Å²) in [5.41, 5.74) is 1.05. The molecule has 72 valence electrons. The lowest BCUT2D eigenvalue weighted by Crippen LogP contribution is -1.76. The molecule has 2 heterocycles. The van der Waals surface area contributed by atoms with Gasteiger partial charge in [0.1, 0.15) is 9.61 Å². The number of pyridine rings is 1. The Morgan fingerprint density at radius 1 is 1.50 bits per heavy atom. The fourth-order valence-corrected chi connectivity index (χ4v) is 3.08. The second-order valence-electron chi connectivity index (χ2n) is 2.63. The van der Waals surface area contributed by atoms with Crippen molar-refractivity contribution in [2.75, 3.05) is 0 Å². The maximum Gasteiger partial charge on any atom is 0.126 e. The summed E-state index contributed by atoms with van der Waals surface area (Å²) in [6.45, 7) is 0. The molecular formula is C9H7BrN2S2. The minimum Gasteiger partial charge on any atom is -0.264 e. The molecule has 0 atom stereocenters. The van der Waals surface area contributed by atoms with Crippen LogP contribution in [0.25, 0.3) is 10.6 Å². The number of thiazole rings is 1. The third kappa shape index (κ3) is 1.99. The molecule has 0 unspecified atom stereocenters. The van der Waals surface area contributed by atoms with Crippen molar-refractivity contribution in [2.24, 2.45) is 0 Å². The lowest BCUT2D eigenvalue weighted by molar-refractivity contribution is 1.28. The Hall–Kier alpha value is -0.390. The lowest BCUT2D eigenvalue weighted by Gasteiger charge is -1.91. The lowest BCUT2D eigenvalue weighted by atomic mass is 10.3. The highest BCUT2D eigenvalue weighted by atomic mass is 79.9. The van der Waals surface area contributed by atoms with E-state index >= 15 is 0 Å². The first kappa shape index (κ1) is 10.1. The molecule has 0 saturated heterocycles. The fourth-order valence-electron chi connectivity index (χ4n) is 1.04. The van der Waals surface area contributed by atoms with Crippen molar-refractivity contribution in [1.29, 1.82) is 0 Å². The highest BCUT2D eigenvalue weighted by Gasteiger charge is 2.08. The number of aromatic nitrogens is 2. The molecule has 2 nitrogen and oxygen atoms in total. The molecule has 14 heavy (non-hydrogen) atoms. The van der Waals surface area contributed by atoms with Crippen molar-refractivity contribution in [1.82, 2.24) is 9.97 Å². The van der Waals surface area contributed by atoms with Crippen LogP contribution in [-0.2, 0) is 5.75 Å². The summed E-state index contributed by atoms with van der Waals surface area (Å²) in [5, 5.41) is 0.981. The molecule has 0 aliphatic carbocycles. The molecule has 0 aromatic carbocycles. The Bertz CT molecular complexity index is 428. The normalized spacial score (nSPS) is 10.4. The van der Waals surface area contributed by atoms with Crippen LogP contribution in [0.5, 0.6) is 0 Å². The average Bonchev–Trinajstić information content (AvgIpc) is 2.61. The Morgan fingerprint density at radius 2 is 2.36 bits per heavy atom. The van der Waals surface area contributed by atoms with Gasteiger partial charge in [-0.25, -0.2) is 4.98 Å². The number of hydrogen-bond donors (Lipinski definition) is 1. The van der Waals surface area contributed by atoms with Crippen LogP contribution < -0.4 is 0 Å². The molecule has 0 saturated carbocycles. The van der Waals surface area contributed by atoms with Gasteiger partial charge in [0, 0.05) is 28.6 Å². The standard InChI is InChI=1S/C9H7BrN2S2/c10-8-7(5-13)14-9(12-8)6-2-1-3-11-4-6/h1-4,13H,5H2. The van der Waals surface area contributed by atoms with Crippen LogP contribution in [0.3, 0.4) is 0 Å². The Labute approximate surface area is 100.0 Å². The van der Waals surface area contributed by atoms with E-state index in [9.17, 15) is 0 Å². The number of thiol groups is 1. The number of hydrogen-bond acceptors (Lipinski definition) is 4. The summed E-state index contributed by atoms with van der Waals surface area (Å²) >= 11 is 9.27. The van der Waals surface area contributed by atoms with Gasteiger partial charge in [0.25, 0.3) is 0 Å². The Balaban J connectivity index is 2.43. The highest BCUT2D eigenvalue weighted by Crippen LogP contribution is 2.31. The molecular weight excluding hydrogens is 280 g/mol. The molecule has 0 spiro atoms. The molecule has 0 radical (unpaired) electrons. The molecule has 0 amide bonds. The molecule has 0 N–H and O–H groups in total. The first-order chi connectivity index (χ1) is 6.81. The van der Waals surface area contributed by atoms with Crippen molar-refractivity contribution in [3.05, 3.63) is 34.0 Å². The summed E-state index contributed by atoms with van der Waals surface area (Å²) < 4.78 is 0.886. The van der Waals surface area contributed by atoms with Crippen molar-refractivity contribution < 1.29 is 0 Å². The third-order valence-electron chi connectivity index (χ3n) is 1.70. The second kappa shape index (κ2) is 4.42. The van der Waals surface area contributed by atoms with E-state index in [0.29, 0.717) is 5.75 Å². The summed E-state index contributed by atoms with van der Waals surface area (Å²) in [7, 11) is 0. The summed E-state index contributed by atoms with van der Waals surface area (Å²) in [6.07, 6.45) is 3.57. The quantitative estimate of drug-likeness (QED) is 0.857. The zero-order chi connectivity index (χ0) is 9.97. The number of rotatable bonds is 2. The van der Waals surface area contributed by atoms with E-state index in [1.165, 1.54) is 0 Å². The van der Waals surface area contributed by atoms with Gasteiger partial charge in [-0.15, -0.1) is 11.3 Å². The first-order valence-electron chi connectivity index (χ1n) is 3.97. The first-order valence-corrected chi connectivity index (χ1v) is 6.22. The topological polar surface area (TPSA) is 25.8 Å². The van der Waals surface area contributed by atoms with E-state index in [2.05, 4.69) is 38.5 Å². The molecule has 5 heteroatoms. The average molecular weight is 287 g/mol. The highest BCUT2D eigenvalue weighted by molar-refractivity contribution is 9.10. The van der Waals surface area contributed by atoms with E-state index in [4.69, 9.17) is 0 Å². The van der Waals surface area contributed by atoms with Gasteiger partial charge in [-0.05, 0) is 28.1 Å². The molecule has 2 aromatic rings. The van der Waals surface area contributed by atoms with Gasteiger partial charge in [-0.2, -0.15) is 12.6 Å². The zero-order valence-corrected chi connectivity index (χ0v) is 10.4. The van der Waals surface area contributed by atoms with Crippen LogP contribution in [0.1, 0.15) is 4.88 Å². The third-order valence-corrected chi connectivity index (χ3v) is 4.25. The van der Waals surface area contributed by atoms with Gasteiger partial charge in [0.15, 0.2) is 0 Å². The molecule has 2 aromatic heterocycles. The van der Waals surface area contributed by atoms with Crippen LogP contribution in [0.4, 0.5) is 0 Å². The van der Waals surface area contributed by atoms with E-state index in [1.807, 2.05) is 18.3 Å². The van der Waals surface area contributed by atoms with Crippen molar-refractivity contribution in [3.63, 3.8) is 0 Å². The molecule has 0 fully saturated rings. The van der Waals surface area contributed by atoms with Crippen molar-refractivity contribution in [3.8, 4) is 10.6 Å².